The van der Waals surface area contributed by atoms with Gasteiger partial charge in [0.25, 0.3) is 5.91 Å². The van der Waals surface area contributed by atoms with Crippen molar-refractivity contribution in [3.8, 4) is 0 Å². The molecule has 1 unspecified atom stereocenters. The van der Waals surface area contributed by atoms with Crippen molar-refractivity contribution >= 4 is 23.2 Å². The molecule has 1 N–H and O–H groups in total. The minimum atomic E-state index is -0.274. The van der Waals surface area contributed by atoms with Gasteiger partial charge in [-0.2, -0.15) is 5.10 Å². The Morgan fingerprint density at radius 1 is 1.43 bits per heavy atom. The van der Waals surface area contributed by atoms with Crippen molar-refractivity contribution in [3.05, 3.63) is 52.8 Å². The highest BCUT2D eigenvalue weighted by atomic mass is 35.5. The highest BCUT2D eigenvalue weighted by Gasteiger charge is 2.22. The smallest absolute Gasteiger partial charge is 0.271 e. The van der Waals surface area contributed by atoms with E-state index in [2.05, 4.69) is 27.7 Å². The van der Waals surface area contributed by atoms with Crippen LogP contribution in [0.5, 0.6) is 0 Å². The van der Waals surface area contributed by atoms with Gasteiger partial charge in [0.1, 0.15) is 11.8 Å². The van der Waals surface area contributed by atoms with Gasteiger partial charge in [-0.05, 0) is 5.56 Å². The predicted octanol–water partition coefficient (Wildman–Crippen LogP) is 2.19. The zero-order chi connectivity index (χ0) is 16.2. The number of hydrogen-bond acceptors (Lipinski definition) is 4. The summed E-state index contributed by atoms with van der Waals surface area (Å²) >= 11 is 5.95. The average Bonchev–Trinajstić information content (AvgIpc) is 3.13. The molecule has 0 spiro atoms. The number of aryl methyl sites for hydroxylation is 1. The molecule has 23 heavy (non-hydrogen) atoms. The van der Waals surface area contributed by atoms with Crippen molar-refractivity contribution < 1.29 is 9.63 Å². The van der Waals surface area contributed by atoms with Crippen molar-refractivity contribution in [2.24, 2.45) is 12.2 Å². The van der Waals surface area contributed by atoms with Crippen LogP contribution in [0.15, 0.2) is 41.7 Å². The Labute approximate surface area is 139 Å². The van der Waals surface area contributed by atoms with E-state index in [9.17, 15) is 4.79 Å². The molecule has 0 aliphatic carbocycles. The van der Waals surface area contributed by atoms with Gasteiger partial charge in [-0.1, -0.05) is 47.1 Å². The highest BCUT2D eigenvalue weighted by Crippen LogP contribution is 2.16. The predicted molar refractivity (Wildman–Crippen MR) is 87.6 cm³/mol. The number of nitrogens with one attached hydrogen (secondary N) is 1. The summed E-state index contributed by atoms with van der Waals surface area (Å²) in [4.78, 5) is 17.6. The largest absolute Gasteiger partial charge is 0.392 e. The number of carbonyl (C=O) groups excluding carboxylic acids is 1. The Balaban J connectivity index is 1.50. The second-order valence-corrected chi connectivity index (χ2v) is 5.83. The number of rotatable bonds is 5. The fourth-order valence-corrected chi connectivity index (χ4v) is 2.76. The van der Waals surface area contributed by atoms with E-state index < -0.39 is 0 Å². The molecule has 6 nitrogen and oxygen atoms in total. The molecular weight excluding hydrogens is 316 g/mol. The van der Waals surface area contributed by atoms with E-state index in [1.807, 2.05) is 18.2 Å². The van der Waals surface area contributed by atoms with Gasteiger partial charge < -0.3 is 10.2 Å². The van der Waals surface area contributed by atoms with Crippen LogP contribution in [0.3, 0.4) is 0 Å². The summed E-state index contributed by atoms with van der Waals surface area (Å²) in [6.07, 6.45) is 2.97. The average molecular weight is 333 g/mol. The Morgan fingerprint density at radius 2 is 2.22 bits per heavy atom. The van der Waals surface area contributed by atoms with Crippen molar-refractivity contribution in [2.75, 3.05) is 6.54 Å². The summed E-state index contributed by atoms with van der Waals surface area (Å²) in [6, 6.07) is 10.1. The maximum Gasteiger partial charge on any atom is 0.271 e. The zero-order valence-electron chi connectivity index (χ0n) is 12.7. The molecule has 1 amide bonds. The van der Waals surface area contributed by atoms with E-state index in [1.54, 1.807) is 7.05 Å². The third-order valence-electron chi connectivity index (χ3n) is 3.66. The molecule has 1 aliphatic rings. The van der Waals surface area contributed by atoms with Crippen molar-refractivity contribution in [1.82, 2.24) is 15.1 Å². The number of halogens is 1. The molecule has 7 heteroatoms. The molecule has 120 valence electrons. The summed E-state index contributed by atoms with van der Waals surface area (Å²) in [5, 5.41) is 11.1. The lowest BCUT2D eigenvalue weighted by Crippen LogP contribution is -2.31. The van der Waals surface area contributed by atoms with Gasteiger partial charge in [-0.25, -0.2) is 0 Å². The zero-order valence-corrected chi connectivity index (χ0v) is 13.5. The van der Waals surface area contributed by atoms with E-state index >= 15 is 0 Å². The van der Waals surface area contributed by atoms with E-state index in [-0.39, 0.29) is 12.0 Å². The third-order valence-corrected chi connectivity index (χ3v) is 3.94. The van der Waals surface area contributed by atoms with Crippen molar-refractivity contribution in [3.63, 3.8) is 0 Å². The molecule has 1 aromatic heterocycles. The highest BCUT2D eigenvalue weighted by molar-refractivity contribution is 6.33. The number of amides is 1. The minimum Gasteiger partial charge on any atom is -0.392 e. The number of oxime groups is 1. The fraction of sp³-hybridized carbons (Fsp3) is 0.312. The van der Waals surface area contributed by atoms with E-state index in [1.165, 1.54) is 16.4 Å². The Bertz CT molecular complexity index is 707. The van der Waals surface area contributed by atoms with E-state index in [0.717, 1.165) is 12.1 Å². The Morgan fingerprint density at radius 3 is 2.91 bits per heavy atom. The number of aromatic nitrogens is 2. The quantitative estimate of drug-likeness (QED) is 0.912. The summed E-state index contributed by atoms with van der Waals surface area (Å²) in [5.41, 5.74) is 2.37. The first kappa shape index (κ1) is 15.6. The van der Waals surface area contributed by atoms with Crippen LogP contribution in [0, 0.1) is 0 Å². The van der Waals surface area contributed by atoms with Gasteiger partial charge in [-0.3, -0.25) is 9.48 Å². The lowest BCUT2D eigenvalue weighted by atomic mass is 10.0. The standard InChI is InChI=1S/C16H17ClN4O2/c1-21-15(14(17)10-19-21)16(22)18-9-12-8-13(23-20-12)7-11-5-3-2-4-6-11/h2-6,10,13H,7-9H2,1H3,(H,18,22). The molecule has 0 bridgehead atoms. The Kier molecular flexibility index (Phi) is 4.62. The fourth-order valence-electron chi connectivity index (χ4n) is 2.51. The maximum absolute atomic E-state index is 12.1. The van der Waals surface area contributed by atoms with Crippen LogP contribution in [0.1, 0.15) is 22.5 Å². The second kappa shape index (κ2) is 6.83. The van der Waals surface area contributed by atoms with Crippen LogP contribution in [-0.2, 0) is 18.3 Å². The lowest BCUT2D eigenvalue weighted by molar-refractivity contribution is 0.0859. The van der Waals surface area contributed by atoms with E-state index in [0.29, 0.717) is 23.7 Å². The minimum absolute atomic E-state index is 0.0181. The van der Waals surface area contributed by atoms with Gasteiger partial charge in [0.2, 0.25) is 0 Å². The van der Waals surface area contributed by atoms with Gasteiger partial charge in [-0.15, -0.1) is 0 Å². The summed E-state index contributed by atoms with van der Waals surface area (Å²) < 4.78 is 1.45. The Hall–Kier alpha value is -2.34. The molecule has 0 saturated heterocycles. The van der Waals surface area contributed by atoms with Crippen LogP contribution in [0.25, 0.3) is 0 Å². The van der Waals surface area contributed by atoms with E-state index in [4.69, 9.17) is 16.4 Å². The van der Waals surface area contributed by atoms with Crippen LogP contribution in [-0.4, -0.2) is 34.0 Å². The van der Waals surface area contributed by atoms with Crippen molar-refractivity contribution in [2.45, 2.75) is 18.9 Å². The monoisotopic (exact) mass is 332 g/mol. The molecule has 0 saturated carbocycles. The molecule has 1 aromatic carbocycles. The third kappa shape index (κ3) is 3.71. The molecular formula is C16H17ClN4O2. The molecule has 2 heterocycles. The molecule has 1 atom stereocenters. The van der Waals surface area contributed by atoms with Gasteiger partial charge in [0.15, 0.2) is 0 Å². The maximum atomic E-state index is 12.1. The van der Waals surface area contributed by atoms with Crippen LogP contribution < -0.4 is 5.32 Å². The first-order valence-corrected chi connectivity index (χ1v) is 7.72. The topological polar surface area (TPSA) is 68.5 Å². The summed E-state index contributed by atoms with van der Waals surface area (Å²) in [5.74, 6) is -0.274. The lowest BCUT2D eigenvalue weighted by Gasteiger charge is -2.08. The first-order chi connectivity index (χ1) is 11.1. The number of benzene rings is 1. The number of carbonyl (C=O) groups is 1. The second-order valence-electron chi connectivity index (χ2n) is 5.43. The van der Waals surface area contributed by atoms with Gasteiger partial charge in [0, 0.05) is 19.9 Å². The molecule has 3 rings (SSSR count). The summed E-state index contributed by atoms with van der Waals surface area (Å²) in [6.45, 7) is 0.339. The molecule has 0 radical (unpaired) electrons. The van der Waals surface area contributed by atoms with Gasteiger partial charge >= 0.3 is 0 Å². The van der Waals surface area contributed by atoms with Crippen molar-refractivity contribution in [1.29, 1.82) is 0 Å². The van der Waals surface area contributed by atoms with Crippen LogP contribution in [0.4, 0.5) is 0 Å². The first-order valence-electron chi connectivity index (χ1n) is 7.34. The van der Waals surface area contributed by atoms with Crippen LogP contribution in [0.2, 0.25) is 5.02 Å². The summed E-state index contributed by atoms with van der Waals surface area (Å²) in [7, 11) is 1.67. The molecule has 1 aliphatic heterocycles. The number of nitrogens with zero attached hydrogens (tertiary/aromatic N) is 3. The molecule has 0 fully saturated rings. The normalized spacial score (nSPS) is 16.8. The van der Waals surface area contributed by atoms with Crippen LogP contribution >= 0.6 is 11.6 Å². The number of hydrogen-bond donors (Lipinski definition) is 1. The molecule has 2 aromatic rings. The SMILES string of the molecule is Cn1ncc(Cl)c1C(=O)NCC1=NOC(Cc2ccccc2)C1. The van der Waals surface area contributed by atoms with Gasteiger partial charge in [0.05, 0.1) is 23.5 Å².